The Bertz CT molecular complexity index is 792. The van der Waals surface area contributed by atoms with Crippen LogP contribution in [0, 0.1) is 0 Å². The standard InChI is InChI=1S/C13H10BrClN2O2S2/c14-8-1-3-9(4-2-8)17-21(18,19)10-5-6-11(13(16)20)12(15)7-10/h1-7,17H,(H2,16,20). The normalized spacial score (nSPS) is 11.1. The predicted octanol–water partition coefficient (Wildman–Crippen LogP) is 3.54. The Kier molecular flexibility index (Phi) is 4.88. The van der Waals surface area contributed by atoms with Crippen LogP contribution in [0.5, 0.6) is 0 Å². The smallest absolute Gasteiger partial charge is 0.261 e. The predicted molar refractivity (Wildman–Crippen MR) is 92.3 cm³/mol. The first-order valence-electron chi connectivity index (χ1n) is 5.67. The van der Waals surface area contributed by atoms with Crippen LogP contribution >= 0.6 is 39.7 Å². The van der Waals surface area contributed by atoms with E-state index in [1.54, 1.807) is 24.3 Å². The van der Waals surface area contributed by atoms with Gasteiger partial charge in [0.1, 0.15) is 4.99 Å². The van der Waals surface area contributed by atoms with Gasteiger partial charge in [-0.3, -0.25) is 4.72 Å². The number of halogens is 2. The Hall–Kier alpha value is -1.15. The zero-order valence-electron chi connectivity index (χ0n) is 10.5. The van der Waals surface area contributed by atoms with E-state index in [0.29, 0.717) is 11.3 Å². The van der Waals surface area contributed by atoms with Crippen molar-refractivity contribution in [2.24, 2.45) is 5.73 Å². The van der Waals surface area contributed by atoms with Crippen LogP contribution in [-0.2, 0) is 10.0 Å². The van der Waals surface area contributed by atoms with E-state index in [1.807, 2.05) is 0 Å². The third kappa shape index (κ3) is 3.94. The van der Waals surface area contributed by atoms with Crippen molar-refractivity contribution in [3.63, 3.8) is 0 Å². The molecule has 8 heteroatoms. The summed E-state index contributed by atoms with van der Waals surface area (Å²) in [7, 11) is -3.72. The molecule has 110 valence electrons. The van der Waals surface area contributed by atoms with Crippen LogP contribution in [0.25, 0.3) is 0 Å². The van der Waals surface area contributed by atoms with E-state index < -0.39 is 10.0 Å². The van der Waals surface area contributed by atoms with Gasteiger partial charge in [-0.05, 0) is 42.5 Å². The van der Waals surface area contributed by atoms with Crippen LogP contribution in [0.1, 0.15) is 5.56 Å². The number of rotatable bonds is 4. The molecule has 0 aliphatic carbocycles. The quantitative estimate of drug-likeness (QED) is 0.763. The molecule has 0 unspecified atom stereocenters. The summed E-state index contributed by atoms with van der Waals surface area (Å²) >= 11 is 14.1. The molecule has 0 aromatic heterocycles. The van der Waals surface area contributed by atoms with E-state index in [-0.39, 0.29) is 14.9 Å². The lowest BCUT2D eigenvalue weighted by atomic mass is 10.2. The third-order valence-corrected chi connectivity index (χ3v) is 5.05. The first kappa shape index (κ1) is 16.2. The number of sulfonamides is 1. The first-order valence-corrected chi connectivity index (χ1v) is 8.73. The van der Waals surface area contributed by atoms with E-state index >= 15 is 0 Å². The van der Waals surface area contributed by atoms with Gasteiger partial charge in [0, 0.05) is 15.7 Å². The minimum Gasteiger partial charge on any atom is -0.389 e. The lowest BCUT2D eigenvalue weighted by Crippen LogP contribution is -2.14. The van der Waals surface area contributed by atoms with Gasteiger partial charge in [-0.25, -0.2) is 8.42 Å². The molecule has 0 amide bonds. The van der Waals surface area contributed by atoms with E-state index in [9.17, 15) is 8.42 Å². The van der Waals surface area contributed by atoms with Gasteiger partial charge in [0.2, 0.25) is 0 Å². The Morgan fingerprint density at radius 1 is 1.19 bits per heavy atom. The molecule has 0 radical (unpaired) electrons. The summed E-state index contributed by atoms with van der Waals surface area (Å²) in [5.74, 6) is 0. The summed E-state index contributed by atoms with van der Waals surface area (Å²) in [5.41, 5.74) is 6.38. The van der Waals surface area contributed by atoms with Crippen molar-refractivity contribution in [2.45, 2.75) is 4.90 Å². The fourth-order valence-electron chi connectivity index (χ4n) is 1.59. The van der Waals surface area contributed by atoms with Crippen LogP contribution in [-0.4, -0.2) is 13.4 Å². The molecule has 0 heterocycles. The summed E-state index contributed by atoms with van der Waals surface area (Å²) in [6.45, 7) is 0. The van der Waals surface area contributed by atoms with Crippen molar-refractivity contribution in [1.29, 1.82) is 0 Å². The van der Waals surface area contributed by atoms with Crippen LogP contribution in [0.3, 0.4) is 0 Å². The highest BCUT2D eigenvalue weighted by atomic mass is 79.9. The Morgan fingerprint density at radius 3 is 2.33 bits per heavy atom. The summed E-state index contributed by atoms with van der Waals surface area (Å²) in [4.78, 5) is 0.153. The fourth-order valence-corrected chi connectivity index (χ4v) is 3.52. The molecular weight excluding hydrogens is 396 g/mol. The lowest BCUT2D eigenvalue weighted by molar-refractivity contribution is 0.601. The number of nitrogens with one attached hydrogen (secondary N) is 1. The van der Waals surface area contributed by atoms with Crippen LogP contribution in [0.2, 0.25) is 5.02 Å². The third-order valence-electron chi connectivity index (χ3n) is 2.61. The van der Waals surface area contributed by atoms with Gasteiger partial charge in [0.15, 0.2) is 0 Å². The summed E-state index contributed by atoms with van der Waals surface area (Å²) < 4.78 is 27.9. The van der Waals surface area contributed by atoms with Crippen molar-refractivity contribution < 1.29 is 8.42 Å². The molecule has 2 rings (SSSR count). The lowest BCUT2D eigenvalue weighted by Gasteiger charge is -2.10. The molecule has 0 saturated carbocycles. The van der Waals surface area contributed by atoms with Gasteiger partial charge < -0.3 is 5.73 Å². The molecule has 0 bridgehead atoms. The molecular formula is C13H10BrClN2O2S2. The Morgan fingerprint density at radius 2 is 1.81 bits per heavy atom. The van der Waals surface area contributed by atoms with Crippen molar-refractivity contribution in [3.8, 4) is 0 Å². The minimum absolute atomic E-state index is 0.0374. The molecule has 4 nitrogen and oxygen atoms in total. The van der Waals surface area contributed by atoms with Gasteiger partial charge >= 0.3 is 0 Å². The number of anilines is 1. The van der Waals surface area contributed by atoms with E-state index in [1.165, 1.54) is 18.2 Å². The van der Waals surface area contributed by atoms with Crippen molar-refractivity contribution in [1.82, 2.24) is 0 Å². The molecule has 0 aliphatic rings. The highest BCUT2D eigenvalue weighted by molar-refractivity contribution is 9.10. The van der Waals surface area contributed by atoms with Gasteiger partial charge in [0.05, 0.1) is 9.92 Å². The monoisotopic (exact) mass is 404 g/mol. The second-order valence-corrected chi connectivity index (χ2v) is 7.56. The van der Waals surface area contributed by atoms with Crippen LogP contribution < -0.4 is 10.5 Å². The average molecular weight is 406 g/mol. The molecule has 0 atom stereocenters. The van der Waals surface area contributed by atoms with E-state index in [2.05, 4.69) is 20.7 Å². The maximum absolute atomic E-state index is 12.3. The molecule has 2 aromatic carbocycles. The molecule has 0 spiro atoms. The number of nitrogens with two attached hydrogens (primary N) is 1. The average Bonchev–Trinajstić information content (AvgIpc) is 2.40. The van der Waals surface area contributed by atoms with Gasteiger partial charge in [-0.2, -0.15) is 0 Å². The number of benzene rings is 2. The molecule has 0 fully saturated rings. The number of thiocarbonyl (C=S) groups is 1. The molecule has 0 aliphatic heterocycles. The van der Waals surface area contributed by atoms with Crippen molar-refractivity contribution in [3.05, 3.63) is 57.5 Å². The van der Waals surface area contributed by atoms with Gasteiger partial charge in [-0.1, -0.05) is 39.7 Å². The first-order chi connectivity index (χ1) is 9.79. The summed E-state index contributed by atoms with van der Waals surface area (Å²) in [5, 5.41) is 0.196. The second kappa shape index (κ2) is 6.31. The van der Waals surface area contributed by atoms with Gasteiger partial charge in [-0.15, -0.1) is 0 Å². The second-order valence-electron chi connectivity index (χ2n) is 4.12. The number of hydrogen-bond acceptors (Lipinski definition) is 3. The minimum atomic E-state index is -3.72. The van der Waals surface area contributed by atoms with Gasteiger partial charge in [0.25, 0.3) is 10.0 Å². The maximum Gasteiger partial charge on any atom is 0.261 e. The molecule has 3 N–H and O–H groups in total. The maximum atomic E-state index is 12.3. The van der Waals surface area contributed by atoms with Crippen LogP contribution in [0.15, 0.2) is 51.8 Å². The zero-order chi connectivity index (χ0) is 15.6. The van der Waals surface area contributed by atoms with E-state index in [4.69, 9.17) is 29.6 Å². The summed E-state index contributed by atoms with van der Waals surface area (Å²) in [6, 6.07) is 11.0. The van der Waals surface area contributed by atoms with Crippen molar-refractivity contribution in [2.75, 3.05) is 4.72 Å². The van der Waals surface area contributed by atoms with Crippen LogP contribution in [0.4, 0.5) is 5.69 Å². The molecule has 0 saturated heterocycles. The molecule has 2 aromatic rings. The summed E-state index contributed by atoms with van der Waals surface area (Å²) in [6.07, 6.45) is 0. The highest BCUT2D eigenvalue weighted by Gasteiger charge is 2.16. The fraction of sp³-hybridized carbons (Fsp3) is 0. The molecule has 21 heavy (non-hydrogen) atoms. The highest BCUT2D eigenvalue weighted by Crippen LogP contribution is 2.23. The number of hydrogen-bond donors (Lipinski definition) is 2. The Balaban J connectivity index is 2.33. The Labute approximate surface area is 141 Å². The van der Waals surface area contributed by atoms with E-state index in [0.717, 1.165) is 4.47 Å². The van der Waals surface area contributed by atoms with Crippen molar-refractivity contribution >= 4 is 60.4 Å². The zero-order valence-corrected chi connectivity index (χ0v) is 14.5. The SMILES string of the molecule is NC(=S)c1ccc(S(=O)(=O)Nc2ccc(Br)cc2)cc1Cl. The largest absolute Gasteiger partial charge is 0.389 e. The topological polar surface area (TPSA) is 72.2 Å².